The highest BCUT2D eigenvalue weighted by Gasteiger charge is 2.41. The third-order valence-electron chi connectivity index (χ3n) is 6.75. The number of hydrogen-bond acceptors (Lipinski definition) is 4. The van der Waals surface area contributed by atoms with E-state index in [1.807, 2.05) is 23.1 Å². The molecule has 1 aliphatic carbocycles. The van der Waals surface area contributed by atoms with Gasteiger partial charge in [0.25, 0.3) is 0 Å². The SMILES string of the molecule is COc1ccc(CCNC(=O)[C@@H]2CC(=O)N([C@@H]3CCC[C@H](C)[C@@H]3C)C2)cc1OC. The Hall–Kier alpha value is -2.24. The van der Waals surface area contributed by atoms with Crippen LogP contribution in [0.5, 0.6) is 11.5 Å². The summed E-state index contributed by atoms with van der Waals surface area (Å²) in [5, 5.41) is 3.01. The van der Waals surface area contributed by atoms with Gasteiger partial charge in [0, 0.05) is 25.6 Å². The number of nitrogens with zero attached hydrogens (tertiary/aromatic N) is 1. The van der Waals surface area contributed by atoms with Crippen molar-refractivity contribution in [2.24, 2.45) is 17.8 Å². The third-order valence-corrected chi connectivity index (χ3v) is 6.75. The Labute approximate surface area is 173 Å². The second-order valence-corrected chi connectivity index (χ2v) is 8.51. The lowest BCUT2D eigenvalue weighted by molar-refractivity contribution is -0.132. The summed E-state index contributed by atoms with van der Waals surface area (Å²) < 4.78 is 10.6. The average Bonchev–Trinajstić information content (AvgIpc) is 3.11. The molecule has 0 aromatic heterocycles. The fourth-order valence-electron chi connectivity index (χ4n) is 4.73. The van der Waals surface area contributed by atoms with Crippen LogP contribution in [0.1, 0.15) is 45.1 Å². The average molecular weight is 403 g/mol. The molecular weight excluding hydrogens is 368 g/mol. The smallest absolute Gasteiger partial charge is 0.225 e. The summed E-state index contributed by atoms with van der Waals surface area (Å²) in [5.41, 5.74) is 1.07. The van der Waals surface area contributed by atoms with Crippen molar-refractivity contribution in [1.29, 1.82) is 0 Å². The van der Waals surface area contributed by atoms with E-state index in [2.05, 4.69) is 19.2 Å². The second-order valence-electron chi connectivity index (χ2n) is 8.51. The van der Waals surface area contributed by atoms with Crippen molar-refractivity contribution in [3.63, 3.8) is 0 Å². The highest BCUT2D eigenvalue weighted by molar-refractivity contribution is 5.89. The molecule has 6 heteroatoms. The Morgan fingerprint density at radius 1 is 1.17 bits per heavy atom. The number of methoxy groups -OCH3 is 2. The molecule has 2 aliphatic rings. The molecule has 29 heavy (non-hydrogen) atoms. The van der Waals surface area contributed by atoms with Crippen LogP contribution >= 0.6 is 0 Å². The van der Waals surface area contributed by atoms with Crippen LogP contribution < -0.4 is 14.8 Å². The Balaban J connectivity index is 1.51. The molecule has 2 fully saturated rings. The van der Waals surface area contributed by atoms with Crippen molar-refractivity contribution in [2.75, 3.05) is 27.3 Å². The molecule has 1 aliphatic heterocycles. The van der Waals surface area contributed by atoms with E-state index in [0.717, 1.165) is 12.0 Å². The minimum absolute atomic E-state index is 0.0159. The first-order valence-electron chi connectivity index (χ1n) is 10.7. The van der Waals surface area contributed by atoms with Crippen molar-refractivity contribution < 1.29 is 19.1 Å². The molecule has 1 aromatic rings. The minimum Gasteiger partial charge on any atom is -0.493 e. The summed E-state index contributed by atoms with van der Waals surface area (Å²) in [6, 6.07) is 6.06. The molecule has 4 atom stereocenters. The van der Waals surface area contributed by atoms with Crippen LogP contribution in [0, 0.1) is 17.8 Å². The van der Waals surface area contributed by atoms with Crippen molar-refractivity contribution >= 4 is 11.8 Å². The van der Waals surface area contributed by atoms with Gasteiger partial charge in [0.2, 0.25) is 11.8 Å². The molecule has 0 bridgehead atoms. The van der Waals surface area contributed by atoms with E-state index >= 15 is 0 Å². The first-order valence-corrected chi connectivity index (χ1v) is 10.7. The first kappa shape index (κ1) is 21.5. The van der Waals surface area contributed by atoms with Gasteiger partial charge >= 0.3 is 0 Å². The number of amides is 2. The van der Waals surface area contributed by atoms with Gasteiger partial charge in [0.15, 0.2) is 11.5 Å². The van der Waals surface area contributed by atoms with E-state index in [1.54, 1.807) is 14.2 Å². The maximum atomic E-state index is 12.6. The van der Waals surface area contributed by atoms with E-state index in [4.69, 9.17) is 9.47 Å². The van der Waals surface area contributed by atoms with E-state index in [0.29, 0.717) is 49.3 Å². The fraction of sp³-hybridized carbons (Fsp3) is 0.652. The van der Waals surface area contributed by atoms with Crippen LogP contribution in [0.4, 0.5) is 0 Å². The van der Waals surface area contributed by atoms with Crippen molar-refractivity contribution in [3.8, 4) is 11.5 Å². The van der Waals surface area contributed by atoms with Gasteiger partial charge in [-0.15, -0.1) is 0 Å². The molecule has 0 spiro atoms. The van der Waals surface area contributed by atoms with Gasteiger partial charge in [-0.2, -0.15) is 0 Å². The quantitative estimate of drug-likeness (QED) is 0.761. The molecule has 1 saturated heterocycles. The van der Waals surface area contributed by atoms with E-state index in [1.165, 1.54) is 12.8 Å². The summed E-state index contributed by atoms with van der Waals surface area (Å²) >= 11 is 0. The standard InChI is InChI=1S/C23H34N2O4/c1-15-6-5-7-19(16(15)2)25-14-18(13-22(25)26)23(27)24-11-10-17-8-9-20(28-3)21(12-17)29-4/h8-9,12,15-16,18-19H,5-7,10-11,13-14H2,1-4H3,(H,24,27)/t15-,16-,18+,19+/m0/s1. The molecule has 2 amide bonds. The molecule has 0 radical (unpaired) electrons. The van der Waals surface area contributed by atoms with E-state index < -0.39 is 0 Å². The van der Waals surface area contributed by atoms with Crippen molar-refractivity contribution in [3.05, 3.63) is 23.8 Å². The van der Waals surface area contributed by atoms with Gasteiger partial charge in [0.05, 0.1) is 20.1 Å². The lowest BCUT2D eigenvalue weighted by atomic mass is 9.77. The zero-order chi connectivity index (χ0) is 21.0. The lowest BCUT2D eigenvalue weighted by Gasteiger charge is -2.40. The maximum absolute atomic E-state index is 12.6. The maximum Gasteiger partial charge on any atom is 0.225 e. The van der Waals surface area contributed by atoms with Gasteiger partial charge < -0.3 is 19.7 Å². The monoisotopic (exact) mass is 402 g/mol. The Morgan fingerprint density at radius 3 is 2.66 bits per heavy atom. The van der Waals surface area contributed by atoms with E-state index in [-0.39, 0.29) is 23.8 Å². The third kappa shape index (κ3) is 4.85. The molecule has 3 rings (SSSR count). The van der Waals surface area contributed by atoms with Gasteiger partial charge in [-0.1, -0.05) is 32.8 Å². The summed E-state index contributed by atoms with van der Waals surface area (Å²) in [6.45, 7) is 5.62. The van der Waals surface area contributed by atoms with E-state index in [9.17, 15) is 9.59 Å². The number of carbonyl (C=O) groups is 2. The highest BCUT2D eigenvalue weighted by Crippen LogP contribution is 2.35. The number of benzene rings is 1. The van der Waals surface area contributed by atoms with Gasteiger partial charge in [-0.3, -0.25) is 9.59 Å². The summed E-state index contributed by atoms with van der Waals surface area (Å²) in [7, 11) is 3.22. The van der Waals surface area contributed by atoms with Crippen LogP contribution in [0.2, 0.25) is 0 Å². The molecule has 1 aromatic carbocycles. The largest absolute Gasteiger partial charge is 0.493 e. The number of ether oxygens (including phenoxy) is 2. The van der Waals surface area contributed by atoms with Gasteiger partial charge in [-0.25, -0.2) is 0 Å². The lowest BCUT2D eigenvalue weighted by Crippen LogP contribution is -2.45. The fourth-order valence-corrected chi connectivity index (χ4v) is 4.73. The number of hydrogen-bond donors (Lipinski definition) is 1. The zero-order valence-corrected chi connectivity index (χ0v) is 18.1. The van der Waals surface area contributed by atoms with Crippen LogP contribution in [-0.4, -0.2) is 50.1 Å². The van der Waals surface area contributed by atoms with Crippen LogP contribution in [0.15, 0.2) is 18.2 Å². The molecule has 1 heterocycles. The van der Waals surface area contributed by atoms with Crippen molar-refractivity contribution in [2.45, 2.75) is 52.0 Å². The molecule has 1 saturated carbocycles. The molecule has 160 valence electrons. The van der Waals surface area contributed by atoms with Crippen LogP contribution in [-0.2, 0) is 16.0 Å². The normalized spacial score (nSPS) is 27.0. The molecular formula is C23H34N2O4. The Morgan fingerprint density at radius 2 is 1.93 bits per heavy atom. The Kier molecular flexibility index (Phi) is 7.04. The van der Waals surface area contributed by atoms with Gasteiger partial charge in [0.1, 0.15) is 0 Å². The van der Waals surface area contributed by atoms with Crippen LogP contribution in [0.25, 0.3) is 0 Å². The predicted molar refractivity (Wildman–Crippen MR) is 112 cm³/mol. The highest BCUT2D eigenvalue weighted by atomic mass is 16.5. The summed E-state index contributed by atoms with van der Waals surface area (Å²) in [6.07, 6.45) is 4.50. The number of likely N-dealkylation sites (tertiary alicyclic amines) is 1. The summed E-state index contributed by atoms with van der Waals surface area (Å²) in [4.78, 5) is 27.2. The minimum atomic E-state index is -0.239. The topological polar surface area (TPSA) is 67.9 Å². The van der Waals surface area contributed by atoms with Crippen LogP contribution in [0.3, 0.4) is 0 Å². The second kappa shape index (κ2) is 9.51. The van der Waals surface area contributed by atoms with Crippen molar-refractivity contribution in [1.82, 2.24) is 10.2 Å². The number of nitrogens with one attached hydrogen (secondary N) is 1. The molecule has 6 nitrogen and oxygen atoms in total. The molecule has 1 N–H and O–H groups in total. The predicted octanol–water partition coefficient (Wildman–Crippen LogP) is 3.04. The number of carbonyl (C=O) groups excluding carboxylic acids is 2. The number of rotatable bonds is 7. The molecule has 0 unspecified atom stereocenters. The zero-order valence-electron chi connectivity index (χ0n) is 18.1. The Bertz CT molecular complexity index is 736. The van der Waals surface area contributed by atoms with Gasteiger partial charge in [-0.05, 0) is 42.4 Å². The summed E-state index contributed by atoms with van der Waals surface area (Å²) in [5.74, 6) is 2.39. The first-order chi connectivity index (χ1) is 13.9.